The van der Waals surface area contributed by atoms with E-state index in [0.29, 0.717) is 16.5 Å². The van der Waals surface area contributed by atoms with E-state index >= 15 is 0 Å². The molecule has 1 rings (SSSR count). The normalized spacial score (nSPS) is 11.0. The van der Waals surface area contributed by atoms with Crippen LogP contribution in [0.3, 0.4) is 0 Å². The van der Waals surface area contributed by atoms with Crippen molar-refractivity contribution in [2.75, 3.05) is 19.1 Å². The number of nitrogens with zero attached hydrogens (tertiary/aromatic N) is 1. The van der Waals surface area contributed by atoms with Crippen LogP contribution in [0.4, 0.5) is 5.69 Å². The highest BCUT2D eigenvalue weighted by molar-refractivity contribution is 6.82. The molecular formula is C11H12Cl2N2O3. The summed E-state index contributed by atoms with van der Waals surface area (Å²) in [5, 5.41) is 3.75. The molecule has 1 aromatic rings. The summed E-state index contributed by atoms with van der Waals surface area (Å²) >= 11 is 11.6. The van der Waals surface area contributed by atoms with E-state index in [1.165, 1.54) is 7.11 Å². The van der Waals surface area contributed by atoms with Gasteiger partial charge >= 0.3 is 5.97 Å². The zero-order valence-corrected chi connectivity index (χ0v) is 11.4. The fourth-order valence-electron chi connectivity index (χ4n) is 1.06. The Balaban J connectivity index is 2.73. The third-order valence-electron chi connectivity index (χ3n) is 1.89. The first-order valence-electron chi connectivity index (χ1n) is 5.08. The summed E-state index contributed by atoms with van der Waals surface area (Å²) in [6.07, 6.45) is 0. The molecule has 18 heavy (non-hydrogen) atoms. The van der Waals surface area contributed by atoms with Crippen LogP contribution in [0.25, 0.3) is 0 Å². The summed E-state index contributed by atoms with van der Waals surface area (Å²) in [5.74, 6) is -0.0812. The fourth-order valence-corrected chi connectivity index (χ4v) is 1.37. The molecule has 0 atom stereocenters. The minimum absolute atomic E-state index is 0.230. The van der Waals surface area contributed by atoms with Crippen LogP contribution in [-0.2, 0) is 9.53 Å². The third-order valence-corrected chi connectivity index (χ3v) is 2.45. The van der Waals surface area contributed by atoms with Crippen molar-refractivity contribution in [1.82, 2.24) is 0 Å². The van der Waals surface area contributed by atoms with Crippen LogP contribution < -0.4 is 10.2 Å². The molecule has 98 valence electrons. The lowest BCUT2D eigenvalue weighted by Gasteiger charge is -2.06. The summed E-state index contributed by atoms with van der Waals surface area (Å²) < 4.78 is 9.66. The van der Waals surface area contributed by atoms with Gasteiger partial charge < -0.3 is 9.47 Å². The topological polar surface area (TPSA) is 59.9 Å². The molecular weight excluding hydrogens is 279 g/mol. The minimum Gasteiger partial charge on any atom is -0.497 e. The predicted octanol–water partition coefficient (Wildman–Crippen LogP) is 2.88. The van der Waals surface area contributed by atoms with Gasteiger partial charge in [-0.15, -0.1) is 0 Å². The predicted molar refractivity (Wildman–Crippen MR) is 71.5 cm³/mol. The van der Waals surface area contributed by atoms with E-state index < -0.39 is 5.97 Å². The van der Waals surface area contributed by atoms with Crippen molar-refractivity contribution in [2.45, 2.75) is 6.92 Å². The maximum Gasteiger partial charge on any atom is 0.370 e. The summed E-state index contributed by atoms with van der Waals surface area (Å²) in [6, 6.07) is 4.96. The average molecular weight is 291 g/mol. The number of esters is 1. The lowest BCUT2D eigenvalue weighted by molar-refractivity contribution is -0.134. The lowest BCUT2D eigenvalue weighted by Crippen LogP contribution is -2.13. The molecule has 0 saturated carbocycles. The first-order chi connectivity index (χ1) is 8.58. The molecule has 5 nitrogen and oxygen atoms in total. The molecule has 0 fully saturated rings. The molecule has 1 aromatic carbocycles. The SMILES string of the molecule is CCOC(=O)/C(Cl)=N/Nc1ccc(OC)cc1Cl. The van der Waals surface area contributed by atoms with Crippen molar-refractivity contribution in [2.24, 2.45) is 5.10 Å². The molecule has 1 N–H and O–H groups in total. The van der Waals surface area contributed by atoms with Crippen molar-refractivity contribution in [3.8, 4) is 5.75 Å². The van der Waals surface area contributed by atoms with E-state index in [-0.39, 0.29) is 11.8 Å². The second-order valence-corrected chi connectivity index (χ2v) is 3.85. The first kappa shape index (κ1) is 14.6. The molecule has 0 radical (unpaired) electrons. The number of halogens is 2. The van der Waals surface area contributed by atoms with E-state index in [9.17, 15) is 4.79 Å². The first-order valence-corrected chi connectivity index (χ1v) is 5.84. The molecule has 0 amide bonds. The number of nitrogens with one attached hydrogen (secondary N) is 1. The number of carbonyl (C=O) groups excluding carboxylic acids is 1. The maximum atomic E-state index is 11.2. The van der Waals surface area contributed by atoms with Crippen LogP contribution in [0.5, 0.6) is 5.75 Å². The fraction of sp³-hybridized carbons (Fsp3) is 0.273. The van der Waals surface area contributed by atoms with Crippen LogP contribution in [-0.4, -0.2) is 24.9 Å². The number of carbonyl (C=O) groups is 1. The highest BCUT2D eigenvalue weighted by atomic mass is 35.5. The van der Waals surface area contributed by atoms with Gasteiger partial charge in [0.25, 0.3) is 0 Å². The van der Waals surface area contributed by atoms with E-state index in [4.69, 9.17) is 27.9 Å². The van der Waals surface area contributed by atoms with E-state index in [2.05, 4.69) is 15.3 Å². The zero-order chi connectivity index (χ0) is 13.5. The molecule has 0 aromatic heterocycles. The third kappa shape index (κ3) is 4.09. The van der Waals surface area contributed by atoms with Gasteiger partial charge in [0, 0.05) is 6.07 Å². The van der Waals surface area contributed by atoms with Gasteiger partial charge in [0.15, 0.2) is 0 Å². The summed E-state index contributed by atoms with van der Waals surface area (Å²) in [5.41, 5.74) is 3.07. The van der Waals surface area contributed by atoms with E-state index in [1.54, 1.807) is 25.1 Å². The number of benzene rings is 1. The average Bonchev–Trinajstić information content (AvgIpc) is 2.37. The molecule has 7 heteroatoms. The molecule has 0 heterocycles. The largest absolute Gasteiger partial charge is 0.497 e. The van der Waals surface area contributed by atoms with Gasteiger partial charge in [-0.3, -0.25) is 5.43 Å². The number of hydrazone groups is 1. The quantitative estimate of drug-likeness (QED) is 0.515. The molecule has 0 aliphatic carbocycles. The van der Waals surface area contributed by atoms with Gasteiger partial charge in [0.05, 0.1) is 24.4 Å². The van der Waals surface area contributed by atoms with Crippen molar-refractivity contribution in [3.63, 3.8) is 0 Å². The Bertz CT molecular complexity index is 464. The van der Waals surface area contributed by atoms with Gasteiger partial charge in [-0.1, -0.05) is 23.2 Å². The second-order valence-electron chi connectivity index (χ2n) is 3.08. The Morgan fingerprint density at radius 2 is 2.22 bits per heavy atom. The standard InChI is InChI=1S/C11H12Cl2N2O3/c1-3-18-11(16)10(13)15-14-9-5-4-7(17-2)6-8(9)12/h4-6,14H,3H2,1-2H3/b15-10-. The molecule has 0 aliphatic rings. The smallest absolute Gasteiger partial charge is 0.370 e. The van der Waals surface area contributed by atoms with Gasteiger partial charge in [-0.2, -0.15) is 5.10 Å². The highest BCUT2D eigenvalue weighted by Crippen LogP contribution is 2.26. The van der Waals surface area contributed by atoms with E-state index in [1.807, 2.05) is 0 Å². The second kappa shape index (κ2) is 7.08. The van der Waals surface area contributed by atoms with Gasteiger partial charge in [0.1, 0.15) is 5.75 Å². The van der Waals surface area contributed by atoms with Crippen LogP contribution in [0.1, 0.15) is 6.92 Å². The van der Waals surface area contributed by atoms with Gasteiger partial charge in [0.2, 0.25) is 5.17 Å². The Labute approximate surface area is 115 Å². The summed E-state index contributed by atoms with van der Waals surface area (Å²) in [6.45, 7) is 1.91. The van der Waals surface area contributed by atoms with Gasteiger partial charge in [-0.25, -0.2) is 4.79 Å². The zero-order valence-electron chi connectivity index (χ0n) is 9.87. The van der Waals surface area contributed by atoms with Gasteiger partial charge in [-0.05, 0) is 19.1 Å². The lowest BCUT2D eigenvalue weighted by atomic mass is 10.3. The molecule has 0 aliphatic heterocycles. The molecule has 0 saturated heterocycles. The van der Waals surface area contributed by atoms with Crippen molar-refractivity contribution < 1.29 is 14.3 Å². The number of rotatable bonds is 5. The molecule has 0 bridgehead atoms. The van der Waals surface area contributed by atoms with Crippen LogP contribution >= 0.6 is 23.2 Å². The van der Waals surface area contributed by atoms with Crippen LogP contribution in [0, 0.1) is 0 Å². The monoisotopic (exact) mass is 290 g/mol. The summed E-state index contributed by atoms with van der Waals surface area (Å²) in [4.78, 5) is 11.2. The van der Waals surface area contributed by atoms with Crippen molar-refractivity contribution in [3.05, 3.63) is 23.2 Å². The minimum atomic E-state index is -0.698. The van der Waals surface area contributed by atoms with Crippen LogP contribution in [0.15, 0.2) is 23.3 Å². The van der Waals surface area contributed by atoms with Crippen molar-refractivity contribution >= 4 is 40.0 Å². The molecule has 0 unspecified atom stereocenters. The number of ether oxygens (including phenoxy) is 2. The maximum absolute atomic E-state index is 11.2. The van der Waals surface area contributed by atoms with E-state index in [0.717, 1.165) is 0 Å². The Hall–Kier alpha value is -1.46. The number of hydrogen-bond donors (Lipinski definition) is 1. The molecule has 0 spiro atoms. The summed E-state index contributed by atoms with van der Waals surface area (Å²) in [7, 11) is 1.54. The number of anilines is 1. The number of methoxy groups -OCH3 is 1. The van der Waals surface area contributed by atoms with Crippen molar-refractivity contribution in [1.29, 1.82) is 0 Å². The Kier molecular flexibility index (Phi) is 5.74. The Morgan fingerprint density at radius 3 is 2.78 bits per heavy atom. The highest BCUT2D eigenvalue weighted by Gasteiger charge is 2.09. The van der Waals surface area contributed by atoms with Crippen LogP contribution in [0.2, 0.25) is 5.02 Å². The number of hydrogen-bond acceptors (Lipinski definition) is 5. The Morgan fingerprint density at radius 1 is 1.50 bits per heavy atom.